The predicted molar refractivity (Wildman–Crippen MR) is 95.7 cm³/mol. The van der Waals surface area contributed by atoms with Crippen LogP contribution in [0.5, 0.6) is 0 Å². The van der Waals surface area contributed by atoms with Crippen molar-refractivity contribution in [3.8, 4) is 0 Å². The van der Waals surface area contributed by atoms with E-state index in [0.29, 0.717) is 17.8 Å². The Morgan fingerprint density at radius 3 is 2.48 bits per heavy atom. The maximum Gasteiger partial charge on any atom is 0.241 e. The van der Waals surface area contributed by atoms with Gasteiger partial charge in [-0.05, 0) is 50.1 Å². The summed E-state index contributed by atoms with van der Waals surface area (Å²) in [6.45, 7) is 2.82. The quantitative estimate of drug-likeness (QED) is 0.695. The molecule has 0 bridgehead atoms. The minimum Gasteiger partial charge on any atom is -0.325 e. The van der Waals surface area contributed by atoms with Crippen molar-refractivity contribution in [3.05, 3.63) is 24.3 Å². The standard InChI is InChI=1S/C15H23N3O3S.ClH/c1-2-3-11-22(20,21)18-13-8-6-12(7-9-13)17-15(19)14-5-4-10-16-14;/h6-9,14,16,18H,2-5,10-11H2,1H3,(H,17,19);1H. The fraction of sp³-hybridized carbons (Fsp3) is 0.533. The van der Waals surface area contributed by atoms with Gasteiger partial charge in [0.05, 0.1) is 11.8 Å². The third-order valence-electron chi connectivity index (χ3n) is 3.57. The number of hydrogen-bond donors (Lipinski definition) is 3. The molecule has 0 spiro atoms. The zero-order valence-electron chi connectivity index (χ0n) is 13.2. The number of benzene rings is 1. The molecule has 0 radical (unpaired) electrons. The van der Waals surface area contributed by atoms with Gasteiger partial charge in [0.1, 0.15) is 0 Å². The molecule has 0 aliphatic carbocycles. The molecule has 1 aromatic rings. The van der Waals surface area contributed by atoms with Crippen LogP contribution in [0.25, 0.3) is 0 Å². The molecule has 0 saturated carbocycles. The summed E-state index contributed by atoms with van der Waals surface area (Å²) in [6.07, 6.45) is 3.33. The molecule has 6 nitrogen and oxygen atoms in total. The van der Waals surface area contributed by atoms with Gasteiger partial charge in [0, 0.05) is 11.4 Å². The molecule has 1 aliphatic rings. The van der Waals surface area contributed by atoms with E-state index >= 15 is 0 Å². The molecule has 1 saturated heterocycles. The van der Waals surface area contributed by atoms with E-state index < -0.39 is 10.0 Å². The largest absolute Gasteiger partial charge is 0.325 e. The summed E-state index contributed by atoms with van der Waals surface area (Å²) in [7, 11) is -3.29. The Kier molecular flexibility index (Phi) is 7.81. The second kappa shape index (κ2) is 9.10. The van der Waals surface area contributed by atoms with E-state index in [1.54, 1.807) is 24.3 Å². The molecular formula is C15H24ClN3O3S. The summed E-state index contributed by atoms with van der Waals surface area (Å²) in [5.41, 5.74) is 1.17. The molecule has 1 amide bonds. The molecule has 2 rings (SSSR count). The zero-order valence-corrected chi connectivity index (χ0v) is 14.8. The molecule has 8 heteroatoms. The van der Waals surface area contributed by atoms with Crippen LogP contribution >= 0.6 is 12.4 Å². The summed E-state index contributed by atoms with van der Waals surface area (Å²) in [4.78, 5) is 12.0. The second-order valence-corrected chi connectivity index (χ2v) is 7.33. The molecule has 1 atom stereocenters. The lowest BCUT2D eigenvalue weighted by Gasteiger charge is -2.12. The van der Waals surface area contributed by atoms with Gasteiger partial charge in [0.15, 0.2) is 0 Å². The van der Waals surface area contributed by atoms with E-state index in [-0.39, 0.29) is 30.1 Å². The summed E-state index contributed by atoms with van der Waals surface area (Å²) in [5.74, 6) is 0.0729. The lowest BCUT2D eigenvalue weighted by atomic mass is 10.2. The Hall–Kier alpha value is -1.31. The van der Waals surface area contributed by atoms with Gasteiger partial charge in [0.2, 0.25) is 15.9 Å². The highest BCUT2D eigenvalue weighted by Crippen LogP contribution is 2.16. The minimum atomic E-state index is -3.29. The molecule has 23 heavy (non-hydrogen) atoms. The molecule has 1 unspecified atom stereocenters. The first-order valence-corrected chi connectivity index (χ1v) is 9.30. The fourth-order valence-corrected chi connectivity index (χ4v) is 3.59. The number of hydrogen-bond acceptors (Lipinski definition) is 4. The van der Waals surface area contributed by atoms with E-state index in [1.807, 2.05) is 6.92 Å². The van der Waals surface area contributed by atoms with E-state index in [0.717, 1.165) is 25.8 Å². The SMILES string of the molecule is CCCCS(=O)(=O)Nc1ccc(NC(=O)C2CCCN2)cc1.Cl. The lowest BCUT2D eigenvalue weighted by molar-refractivity contribution is -0.117. The molecule has 1 aliphatic heterocycles. The van der Waals surface area contributed by atoms with Gasteiger partial charge in [0.25, 0.3) is 0 Å². The average Bonchev–Trinajstić information content (AvgIpc) is 3.01. The Labute approximate surface area is 143 Å². The van der Waals surface area contributed by atoms with Crippen molar-refractivity contribution < 1.29 is 13.2 Å². The number of unbranched alkanes of at least 4 members (excludes halogenated alkanes) is 1. The highest BCUT2D eigenvalue weighted by molar-refractivity contribution is 7.92. The van der Waals surface area contributed by atoms with Crippen molar-refractivity contribution in [1.82, 2.24) is 5.32 Å². The molecule has 1 heterocycles. The van der Waals surface area contributed by atoms with E-state index in [2.05, 4.69) is 15.4 Å². The van der Waals surface area contributed by atoms with Crippen molar-refractivity contribution >= 4 is 39.7 Å². The lowest BCUT2D eigenvalue weighted by Crippen LogP contribution is -2.35. The predicted octanol–water partition coefficient (Wildman–Crippen LogP) is 2.34. The Morgan fingerprint density at radius 2 is 1.91 bits per heavy atom. The Bertz CT molecular complexity index is 599. The highest BCUT2D eigenvalue weighted by atomic mass is 35.5. The summed E-state index contributed by atoms with van der Waals surface area (Å²) < 4.78 is 26.1. The highest BCUT2D eigenvalue weighted by Gasteiger charge is 2.21. The summed E-state index contributed by atoms with van der Waals surface area (Å²) in [6, 6.07) is 6.57. The first-order chi connectivity index (χ1) is 10.5. The molecule has 1 fully saturated rings. The van der Waals surface area contributed by atoms with Gasteiger partial charge < -0.3 is 10.6 Å². The summed E-state index contributed by atoms with van der Waals surface area (Å²) in [5, 5.41) is 5.96. The van der Waals surface area contributed by atoms with Crippen molar-refractivity contribution in [2.75, 3.05) is 22.3 Å². The minimum absolute atomic E-state index is 0. The molecule has 0 aromatic heterocycles. The first-order valence-electron chi connectivity index (χ1n) is 7.65. The van der Waals surface area contributed by atoms with Crippen LogP contribution in [-0.2, 0) is 14.8 Å². The zero-order chi connectivity index (χ0) is 16.0. The Balaban J connectivity index is 0.00000264. The number of rotatable bonds is 7. The third kappa shape index (κ3) is 6.37. The molecule has 3 N–H and O–H groups in total. The number of carbonyl (C=O) groups is 1. The number of amides is 1. The maximum atomic E-state index is 12.0. The van der Waals surface area contributed by atoms with Crippen LogP contribution in [0.1, 0.15) is 32.6 Å². The Morgan fingerprint density at radius 1 is 1.26 bits per heavy atom. The van der Waals surface area contributed by atoms with Gasteiger partial charge in [-0.1, -0.05) is 13.3 Å². The van der Waals surface area contributed by atoms with Crippen molar-refractivity contribution in [2.24, 2.45) is 0 Å². The first kappa shape index (κ1) is 19.7. The van der Waals surface area contributed by atoms with Gasteiger partial charge in [-0.2, -0.15) is 0 Å². The molecule has 130 valence electrons. The van der Waals surface area contributed by atoms with E-state index in [1.165, 1.54) is 0 Å². The third-order valence-corrected chi connectivity index (χ3v) is 4.94. The number of carbonyl (C=O) groups excluding carboxylic acids is 1. The number of sulfonamides is 1. The van der Waals surface area contributed by atoms with Gasteiger partial charge in [-0.3, -0.25) is 9.52 Å². The number of anilines is 2. The van der Waals surface area contributed by atoms with Crippen LogP contribution in [0.15, 0.2) is 24.3 Å². The van der Waals surface area contributed by atoms with Gasteiger partial charge in [-0.25, -0.2) is 8.42 Å². The van der Waals surface area contributed by atoms with Gasteiger partial charge in [-0.15, -0.1) is 12.4 Å². The molecular weight excluding hydrogens is 338 g/mol. The van der Waals surface area contributed by atoms with Crippen molar-refractivity contribution in [3.63, 3.8) is 0 Å². The van der Waals surface area contributed by atoms with Crippen LogP contribution in [0.3, 0.4) is 0 Å². The normalized spacial score (nSPS) is 17.3. The van der Waals surface area contributed by atoms with Crippen LogP contribution in [0.4, 0.5) is 11.4 Å². The maximum absolute atomic E-state index is 12.0. The topological polar surface area (TPSA) is 87.3 Å². The smallest absolute Gasteiger partial charge is 0.241 e. The number of nitrogens with one attached hydrogen (secondary N) is 3. The van der Waals surface area contributed by atoms with Gasteiger partial charge >= 0.3 is 0 Å². The van der Waals surface area contributed by atoms with Crippen LogP contribution in [0, 0.1) is 0 Å². The van der Waals surface area contributed by atoms with Crippen molar-refractivity contribution in [2.45, 2.75) is 38.6 Å². The van der Waals surface area contributed by atoms with E-state index in [4.69, 9.17) is 0 Å². The monoisotopic (exact) mass is 361 g/mol. The van der Waals surface area contributed by atoms with Crippen molar-refractivity contribution in [1.29, 1.82) is 0 Å². The summed E-state index contributed by atoms with van der Waals surface area (Å²) >= 11 is 0. The molecule has 1 aromatic carbocycles. The van der Waals surface area contributed by atoms with Crippen LogP contribution in [0.2, 0.25) is 0 Å². The number of halogens is 1. The van der Waals surface area contributed by atoms with Crippen LogP contribution < -0.4 is 15.4 Å². The fourth-order valence-electron chi connectivity index (χ4n) is 2.32. The van der Waals surface area contributed by atoms with Crippen LogP contribution in [-0.4, -0.2) is 32.7 Å². The van der Waals surface area contributed by atoms with E-state index in [9.17, 15) is 13.2 Å². The average molecular weight is 362 g/mol. The second-order valence-electron chi connectivity index (χ2n) is 5.49.